The number of pyridine rings is 1. The normalized spacial score (nSPS) is 10.8. The van der Waals surface area contributed by atoms with Gasteiger partial charge in [0.2, 0.25) is 0 Å². The molecule has 0 aliphatic carbocycles. The number of anilines is 1. The number of hydrogen-bond donors (Lipinski definition) is 1. The zero-order valence-corrected chi connectivity index (χ0v) is 10.4. The van der Waals surface area contributed by atoms with Crippen LogP contribution in [0.5, 0.6) is 0 Å². The lowest BCUT2D eigenvalue weighted by atomic mass is 10.2. The van der Waals surface area contributed by atoms with Crippen molar-refractivity contribution in [2.45, 2.75) is 6.92 Å². The van der Waals surface area contributed by atoms with Gasteiger partial charge >= 0.3 is 5.97 Å². The van der Waals surface area contributed by atoms with Gasteiger partial charge in [-0.25, -0.2) is 14.2 Å². The largest absolute Gasteiger partial charge is 0.477 e. The second kappa shape index (κ2) is 3.96. The van der Waals surface area contributed by atoms with Crippen LogP contribution in [-0.2, 0) is 0 Å². The molecule has 6 heteroatoms. The fourth-order valence-electron chi connectivity index (χ4n) is 1.66. The van der Waals surface area contributed by atoms with E-state index in [9.17, 15) is 9.18 Å². The third kappa shape index (κ3) is 1.84. The van der Waals surface area contributed by atoms with E-state index >= 15 is 0 Å². The van der Waals surface area contributed by atoms with Crippen LogP contribution in [0.4, 0.5) is 10.1 Å². The molecular formula is C11H11FN2O2S. The van der Waals surface area contributed by atoms with E-state index in [-0.39, 0.29) is 10.6 Å². The van der Waals surface area contributed by atoms with Crippen molar-refractivity contribution < 1.29 is 14.3 Å². The zero-order valence-electron chi connectivity index (χ0n) is 9.61. The Morgan fingerprint density at radius 3 is 2.71 bits per heavy atom. The Kier molecular flexibility index (Phi) is 2.74. The predicted octanol–water partition coefficient (Wildman–Crippen LogP) is 2.51. The first-order valence-corrected chi connectivity index (χ1v) is 5.73. The van der Waals surface area contributed by atoms with Crippen molar-refractivity contribution in [1.82, 2.24) is 4.98 Å². The van der Waals surface area contributed by atoms with Gasteiger partial charge in [-0.05, 0) is 13.0 Å². The lowest BCUT2D eigenvalue weighted by Crippen LogP contribution is -2.11. The van der Waals surface area contributed by atoms with Crippen molar-refractivity contribution in [3.05, 3.63) is 22.5 Å². The molecule has 2 aromatic heterocycles. The summed E-state index contributed by atoms with van der Waals surface area (Å²) in [7, 11) is 3.46. The quantitative estimate of drug-likeness (QED) is 0.894. The summed E-state index contributed by atoms with van der Waals surface area (Å²) < 4.78 is 13.5. The van der Waals surface area contributed by atoms with Crippen LogP contribution >= 0.6 is 11.3 Å². The Morgan fingerprint density at radius 1 is 1.53 bits per heavy atom. The van der Waals surface area contributed by atoms with Gasteiger partial charge in [-0.3, -0.25) is 0 Å². The van der Waals surface area contributed by atoms with Crippen LogP contribution in [0.15, 0.2) is 6.07 Å². The van der Waals surface area contributed by atoms with Gasteiger partial charge in [-0.15, -0.1) is 11.3 Å². The van der Waals surface area contributed by atoms with E-state index in [1.54, 1.807) is 25.9 Å². The van der Waals surface area contributed by atoms with Crippen molar-refractivity contribution in [3.8, 4) is 0 Å². The third-order valence-corrected chi connectivity index (χ3v) is 3.50. The molecule has 2 heterocycles. The fraction of sp³-hybridized carbons (Fsp3) is 0.273. The van der Waals surface area contributed by atoms with Gasteiger partial charge in [-0.2, -0.15) is 0 Å². The topological polar surface area (TPSA) is 53.4 Å². The number of carbonyl (C=O) groups is 1. The molecule has 1 N–H and O–H groups in total. The summed E-state index contributed by atoms with van der Waals surface area (Å²) in [5.74, 6) is -1.44. The maximum absolute atomic E-state index is 13.5. The number of nitrogens with zero attached hydrogens (tertiary/aromatic N) is 2. The Labute approximate surface area is 101 Å². The van der Waals surface area contributed by atoms with Gasteiger partial charge in [0, 0.05) is 19.5 Å². The molecule has 0 amide bonds. The number of rotatable bonds is 2. The molecular weight excluding hydrogens is 243 g/mol. The van der Waals surface area contributed by atoms with Crippen LogP contribution in [0, 0.1) is 12.7 Å². The molecule has 90 valence electrons. The number of thiophene rings is 1. The molecule has 0 spiro atoms. The van der Waals surface area contributed by atoms with Crippen molar-refractivity contribution in [2.75, 3.05) is 19.0 Å². The summed E-state index contributed by atoms with van der Waals surface area (Å²) >= 11 is 1.06. The maximum Gasteiger partial charge on any atom is 0.348 e. The van der Waals surface area contributed by atoms with Crippen LogP contribution in [0.2, 0.25) is 0 Å². The summed E-state index contributed by atoms with van der Waals surface area (Å²) in [6.45, 7) is 1.56. The highest BCUT2D eigenvalue weighted by molar-refractivity contribution is 7.21. The molecule has 2 aromatic rings. The lowest BCUT2D eigenvalue weighted by molar-refractivity contribution is 0.0703. The third-order valence-electron chi connectivity index (χ3n) is 2.43. The molecule has 0 bridgehead atoms. The molecule has 0 saturated carbocycles. The highest BCUT2D eigenvalue weighted by Crippen LogP contribution is 2.37. The Bertz CT molecular complexity index is 607. The van der Waals surface area contributed by atoms with Gasteiger partial charge < -0.3 is 10.0 Å². The number of hydrogen-bond acceptors (Lipinski definition) is 4. The first-order chi connectivity index (χ1) is 7.91. The second-order valence-electron chi connectivity index (χ2n) is 3.89. The highest BCUT2D eigenvalue weighted by atomic mass is 32.1. The SMILES string of the molecule is Cc1nc2sc(C(=O)O)c(N(C)C)c2cc1F. The van der Waals surface area contributed by atoms with E-state index in [1.165, 1.54) is 6.07 Å². The average Bonchev–Trinajstić information content (AvgIpc) is 2.57. The molecule has 0 fully saturated rings. The second-order valence-corrected chi connectivity index (χ2v) is 4.89. The fourth-order valence-corrected chi connectivity index (χ4v) is 2.78. The van der Waals surface area contributed by atoms with Crippen LogP contribution in [0.25, 0.3) is 10.2 Å². The number of halogens is 1. The van der Waals surface area contributed by atoms with Crippen LogP contribution in [0.1, 0.15) is 15.4 Å². The van der Waals surface area contributed by atoms with Crippen molar-refractivity contribution in [3.63, 3.8) is 0 Å². The molecule has 0 aliphatic rings. The number of aromatic carboxylic acids is 1. The Balaban J connectivity index is 2.85. The minimum absolute atomic E-state index is 0.183. The van der Waals surface area contributed by atoms with Crippen molar-refractivity contribution in [2.24, 2.45) is 0 Å². The van der Waals surface area contributed by atoms with Crippen LogP contribution < -0.4 is 4.90 Å². The zero-order chi connectivity index (χ0) is 12.7. The van der Waals surface area contributed by atoms with Gasteiger partial charge in [0.1, 0.15) is 15.5 Å². The lowest BCUT2D eigenvalue weighted by Gasteiger charge is -2.12. The minimum Gasteiger partial charge on any atom is -0.477 e. The van der Waals surface area contributed by atoms with E-state index in [1.807, 2.05) is 0 Å². The van der Waals surface area contributed by atoms with E-state index in [0.29, 0.717) is 15.9 Å². The maximum atomic E-state index is 13.5. The van der Waals surface area contributed by atoms with Crippen molar-refractivity contribution in [1.29, 1.82) is 0 Å². The number of fused-ring (bicyclic) bond motifs is 1. The van der Waals surface area contributed by atoms with E-state index in [4.69, 9.17) is 5.11 Å². The van der Waals surface area contributed by atoms with Gasteiger partial charge in [-0.1, -0.05) is 0 Å². The Hall–Kier alpha value is -1.69. The molecule has 0 aromatic carbocycles. The summed E-state index contributed by atoms with van der Waals surface area (Å²) in [4.78, 5) is 17.6. The van der Waals surface area contributed by atoms with Gasteiger partial charge in [0.25, 0.3) is 0 Å². The van der Waals surface area contributed by atoms with E-state index in [2.05, 4.69) is 4.98 Å². The van der Waals surface area contributed by atoms with Gasteiger partial charge in [0.05, 0.1) is 11.4 Å². The molecule has 17 heavy (non-hydrogen) atoms. The predicted molar refractivity (Wildman–Crippen MR) is 65.6 cm³/mol. The molecule has 0 atom stereocenters. The summed E-state index contributed by atoms with van der Waals surface area (Å²) in [5.41, 5.74) is 0.782. The first-order valence-electron chi connectivity index (χ1n) is 4.92. The average molecular weight is 254 g/mol. The Morgan fingerprint density at radius 2 is 2.18 bits per heavy atom. The number of aromatic nitrogens is 1. The minimum atomic E-state index is -1.02. The molecule has 4 nitrogen and oxygen atoms in total. The smallest absolute Gasteiger partial charge is 0.348 e. The molecule has 0 saturated heterocycles. The molecule has 0 aliphatic heterocycles. The van der Waals surface area contributed by atoms with Gasteiger partial charge in [0.15, 0.2) is 0 Å². The molecule has 0 unspecified atom stereocenters. The first kappa shape index (κ1) is 11.8. The molecule has 2 rings (SSSR count). The van der Waals surface area contributed by atoms with Crippen LogP contribution in [0.3, 0.4) is 0 Å². The van der Waals surface area contributed by atoms with Crippen molar-refractivity contribution >= 4 is 33.2 Å². The standard InChI is InChI=1S/C11H11FN2O2S/c1-5-7(12)4-6-8(14(2)3)9(11(15)16)17-10(6)13-5/h4H,1-3H3,(H,15,16). The van der Waals surface area contributed by atoms with E-state index in [0.717, 1.165) is 11.3 Å². The molecule has 0 radical (unpaired) electrons. The number of carboxylic acids is 1. The monoisotopic (exact) mass is 254 g/mol. The number of aryl methyl sites for hydroxylation is 1. The summed E-state index contributed by atoms with van der Waals surface area (Å²) in [6.07, 6.45) is 0. The van der Waals surface area contributed by atoms with Crippen LogP contribution in [-0.4, -0.2) is 30.2 Å². The van der Waals surface area contributed by atoms with E-state index < -0.39 is 11.8 Å². The summed E-state index contributed by atoms with van der Waals surface area (Å²) in [6, 6.07) is 1.34. The highest BCUT2D eigenvalue weighted by Gasteiger charge is 2.21. The number of carboxylic acid groups (broad SMARTS) is 1. The summed E-state index contributed by atoms with van der Waals surface area (Å²) in [5, 5.41) is 9.66.